The molecule has 3 nitrogen and oxygen atoms in total. The molecule has 0 spiro atoms. The van der Waals surface area contributed by atoms with E-state index in [1.807, 2.05) is 7.05 Å². The standard InChI is InChI=1S/C10H20N2O/c1-11-10(4-3-9-13)5-7-12(2)8-6-10/h9,11H,3-8H2,1-2H3. The Bertz CT molecular complexity index is 162. The van der Waals surface area contributed by atoms with Gasteiger partial charge in [-0.15, -0.1) is 0 Å². The van der Waals surface area contributed by atoms with E-state index in [1.54, 1.807) is 0 Å². The molecule has 0 atom stereocenters. The number of carbonyl (C=O) groups is 1. The van der Waals surface area contributed by atoms with Gasteiger partial charge in [0, 0.05) is 12.0 Å². The Morgan fingerprint density at radius 1 is 1.46 bits per heavy atom. The highest BCUT2D eigenvalue weighted by atomic mass is 16.1. The molecule has 0 radical (unpaired) electrons. The van der Waals surface area contributed by atoms with Gasteiger partial charge in [-0.25, -0.2) is 0 Å². The number of nitrogens with zero attached hydrogens (tertiary/aromatic N) is 1. The summed E-state index contributed by atoms with van der Waals surface area (Å²) in [4.78, 5) is 12.7. The summed E-state index contributed by atoms with van der Waals surface area (Å²) in [7, 11) is 4.16. The van der Waals surface area contributed by atoms with Crippen LogP contribution in [0.25, 0.3) is 0 Å². The minimum atomic E-state index is 0.230. The first-order valence-electron chi connectivity index (χ1n) is 5.03. The molecule has 1 rings (SSSR count). The fourth-order valence-corrected chi connectivity index (χ4v) is 2.01. The molecular formula is C10H20N2O. The second-order valence-electron chi connectivity index (χ2n) is 4.04. The van der Waals surface area contributed by atoms with Crippen molar-refractivity contribution < 1.29 is 4.79 Å². The number of aldehydes is 1. The Morgan fingerprint density at radius 2 is 2.08 bits per heavy atom. The zero-order chi connectivity index (χ0) is 9.73. The maximum Gasteiger partial charge on any atom is 0.120 e. The van der Waals surface area contributed by atoms with Crippen molar-refractivity contribution in [2.75, 3.05) is 27.2 Å². The minimum absolute atomic E-state index is 0.230. The molecule has 1 saturated heterocycles. The molecule has 0 saturated carbocycles. The Morgan fingerprint density at radius 3 is 2.54 bits per heavy atom. The van der Waals surface area contributed by atoms with Crippen molar-refractivity contribution in [1.82, 2.24) is 10.2 Å². The third-order valence-electron chi connectivity index (χ3n) is 3.22. The van der Waals surface area contributed by atoms with E-state index in [2.05, 4.69) is 17.3 Å². The van der Waals surface area contributed by atoms with Gasteiger partial charge in [0.2, 0.25) is 0 Å². The van der Waals surface area contributed by atoms with Gasteiger partial charge in [-0.05, 0) is 46.4 Å². The first kappa shape index (κ1) is 10.7. The maximum atomic E-state index is 10.3. The van der Waals surface area contributed by atoms with Crippen molar-refractivity contribution >= 4 is 6.29 Å². The summed E-state index contributed by atoms with van der Waals surface area (Å²) in [5.74, 6) is 0. The number of hydrogen-bond acceptors (Lipinski definition) is 3. The van der Waals surface area contributed by atoms with Crippen LogP contribution in [0.3, 0.4) is 0 Å². The molecule has 0 amide bonds. The van der Waals surface area contributed by atoms with Crippen molar-refractivity contribution in [3.63, 3.8) is 0 Å². The van der Waals surface area contributed by atoms with Gasteiger partial charge in [0.15, 0.2) is 0 Å². The van der Waals surface area contributed by atoms with Crippen LogP contribution in [0.15, 0.2) is 0 Å². The van der Waals surface area contributed by atoms with E-state index < -0.39 is 0 Å². The maximum absolute atomic E-state index is 10.3. The number of rotatable bonds is 4. The zero-order valence-electron chi connectivity index (χ0n) is 8.68. The molecule has 0 unspecified atom stereocenters. The Labute approximate surface area is 80.5 Å². The molecule has 1 aliphatic rings. The van der Waals surface area contributed by atoms with Gasteiger partial charge >= 0.3 is 0 Å². The number of piperidine rings is 1. The minimum Gasteiger partial charge on any atom is -0.314 e. The first-order valence-corrected chi connectivity index (χ1v) is 5.03. The van der Waals surface area contributed by atoms with E-state index in [1.165, 1.54) is 0 Å². The van der Waals surface area contributed by atoms with E-state index in [0.29, 0.717) is 6.42 Å². The summed E-state index contributed by atoms with van der Waals surface area (Å²) in [6.45, 7) is 2.28. The van der Waals surface area contributed by atoms with Gasteiger partial charge in [0.05, 0.1) is 0 Å². The molecular weight excluding hydrogens is 164 g/mol. The number of carbonyl (C=O) groups excluding carboxylic acids is 1. The highest BCUT2D eigenvalue weighted by Gasteiger charge is 2.31. The summed E-state index contributed by atoms with van der Waals surface area (Å²) < 4.78 is 0. The van der Waals surface area contributed by atoms with E-state index >= 15 is 0 Å². The molecule has 0 bridgehead atoms. The van der Waals surface area contributed by atoms with Crippen LogP contribution in [-0.4, -0.2) is 43.9 Å². The summed E-state index contributed by atoms with van der Waals surface area (Å²) in [5.41, 5.74) is 0.230. The van der Waals surface area contributed by atoms with Gasteiger partial charge in [-0.3, -0.25) is 0 Å². The molecule has 1 heterocycles. The van der Waals surface area contributed by atoms with E-state index in [9.17, 15) is 4.79 Å². The summed E-state index contributed by atoms with van der Waals surface area (Å²) in [6.07, 6.45) is 5.02. The quantitative estimate of drug-likeness (QED) is 0.651. The van der Waals surface area contributed by atoms with Gasteiger partial charge in [-0.1, -0.05) is 0 Å². The van der Waals surface area contributed by atoms with Crippen LogP contribution in [0.5, 0.6) is 0 Å². The summed E-state index contributed by atoms with van der Waals surface area (Å²) in [6, 6.07) is 0. The van der Waals surface area contributed by atoms with Crippen LogP contribution in [0.2, 0.25) is 0 Å². The lowest BCUT2D eigenvalue weighted by Crippen LogP contribution is -2.51. The van der Waals surface area contributed by atoms with Gasteiger partial charge < -0.3 is 15.0 Å². The lowest BCUT2D eigenvalue weighted by molar-refractivity contribution is -0.108. The zero-order valence-corrected chi connectivity index (χ0v) is 8.68. The number of likely N-dealkylation sites (tertiary alicyclic amines) is 1. The Hall–Kier alpha value is -0.410. The number of hydrogen-bond donors (Lipinski definition) is 1. The average Bonchev–Trinajstić information content (AvgIpc) is 2.18. The molecule has 13 heavy (non-hydrogen) atoms. The number of nitrogens with one attached hydrogen (secondary N) is 1. The molecule has 0 aromatic rings. The van der Waals surface area contributed by atoms with Gasteiger partial charge in [0.1, 0.15) is 6.29 Å². The molecule has 0 aliphatic carbocycles. The normalized spacial score (nSPS) is 22.9. The van der Waals surface area contributed by atoms with Gasteiger partial charge in [-0.2, -0.15) is 0 Å². The van der Waals surface area contributed by atoms with Crippen LogP contribution >= 0.6 is 0 Å². The highest BCUT2D eigenvalue weighted by molar-refractivity contribution is 5.49. The SMILES string of the molecule is CNC1(CCC=O)CCN(C)CC1. The third kappa shape index (κ3) is 2.78. The topological polar surface area (TPSA) is 32.3 Å². The smallest absolute Gasteiger partial charge is 0.120 e. The van der Waals surface area contributed by atoms with Crippen molar-refractivity contribution in [3.05, 3.63) is 0 Å². The molecule has 0 aromatic heterocycles. The van der Waals surface area contributed by atoms with E-state index in [0.717, 1.165) is 38.6 Å². The predicted molar refractivity (Wildman–Crippen MR) is 53.8 cm³/mol. The third-order valence-corrected chi connectivity index (χ3v) is 3.22. The van der Waals surface area contributed by atoms with Crippen molar-refractivity contribution in [2.24, 2.45) is 0 Å². The molecule has 76 valence electrons. The van der Waals surface area contributed by atoms with Crippen molar-refractivity contribution in [3.8, 4) is 0 Å². The first-order chi connectivity index (χ1) is 6.22. The molecule has 0 aromatic carbocycles. The largest absolute Gasteiger partial charge is 0.314 e. The summed E-state index contributed by atoms with van der Waals surface area (Å²) in [5, 5.41) is 3.39. The van der Waals surface area contributed by atoms with Crippen molar-refractivity contribution in [1.29, 1.82) is 0 Å². The van der Waals surface area contributed by atoms with Crippen molar-refractivity contribution in [2.45, 2.75) is 31.2 Å². The molecule has 1 aliphatic heterocycles. The van der Waals surface area contributed by atoms with Crippen LogP contribution < -0.4 is 5.32 Å². The molecule has 3 heteroatoms. The summed E-state index contributed by atoms with van der Waals surface area (Å²) >= 11 is 0. The van der Waals surface area contributed by atoms with E-state index in [-0.39, 0.29) is 5.54 Å². The van der Waals surface area contributed by atoms with Crippen LogP contribution in [0.1, 0.15) is 25.7 Å². The van der Waals surface area contributed by atoms with Crippen LogP contribution in [0.4, 0.5) is 0 Å². The van der Waals surface area contributed by atoms with Crippen LogP contribution in [0, 0.1) is 0 Å². The lowest BCUT2D eigenvalue weighted by Gasteiger charge is -2.40. The predicted octanol–water partition coefficient (Wildman–Crippen LogP) is 0.649. The lowest BCUT2D eigenvalue weighted by atomic mass is 9.84. The Kier molecular flexibility index (Phi) is 3.88. The second kappa shape index (κ2) is 4.72. The fraction of sp³-hybridized carbons (Fsp3) is 0.900. The Balaban J connectivity index is 2.44. The van der Waals surface area contributed by atoms with E-state index in [4.69, 9.17) is 0 Å². The van der Waals surface area contributed by atoms with Gasteiger partial charge in [0.25, 0.3) is 0 Å². The monoisotopic (exact) mass is 184 g/mol. The highest BCUT2D eigenvalue weighted by Crippen LogP contribution is 2.25. The molecule has 1 N–H and O–H groups in total. The van der Waals surface area contributed by atoms with Crippen LogP contribution in [-0.2, 0) is 4.79 Å². The second-order valence-corrected chi connectivity index (χ2v) is 4.04. The fourth-order valence-electron chi connectivity index (χ4n) is 2.01. The molecule has 1 fully saturated rings. The average molecular weight is 184 g/mol.